The molecule has 14 nitrogen and oxygen atoms in total. The molecule has 4 aliphatic carbocycles. The summed E-state index contributed by atoms with van der Waals surface area (Å²) in [6.07, 6.45) is 5.55. The molecule has 4 bridgehead atoms. The number of carbonyl (C=O) groups excluding carboxylic acids is 7. The Kier molecular flexibility index (Phi) is 10.6. The molecule has 16 heteroatoms. The average Bonchev–Trinajstić information content (AvgIpc) is 3.93. The number of hydrogen-bond donors (Lipinski definition) is 3. The smallest absolute Gasteiger partial charge is 0.328 e. The van der Waals surface area contributed by atoms with Crippen LogP contribution in [0.1, 0.15) is 77.2 Å². The lowest BCUT2D eigenvalue weighted by molar-refractivity contribution is -0.158. The Bertz CT molecular complexity index is 1740. The van der Waals surface area contributed by atoms with Crippen LogP contribution in [0.15, 0.2) is 18.2 Å². The minimum absolute atomic E-state index is 0.107. The lowest BCUT2D eigenvalue weighted by Crippen LogP contribution is -2.61. The Balaban J connectivity index is 1.18. The Morgan fingerprint density at radius 3 is 2.16 bits per heavy atom. The number of nitrogens with zero attached hydrogens (tertiary/aromatic N) is 3. The van der Waals surface area contributed by atoms with Crippen molar-refractivity contribution in [3.63, 3.8) is 0 Å². The minimum atomic E-state index is -1.53. The number of fused-ring (bicyclic) bond motifs is 2. The molecule has 55 heavy (non-hydrogen) atoms. The fraction of sp³-hybridized carbons (Fsp3) is 0.667. The Hall–Kier alpha value is -4.63. The van der Waals surface area contributed by atoms with Crippen LogP contribution >= 0.6 is 0 Å². The summed E-state index contributed by atoms with van der Waals surface area (Å²) in [7, 11) is 1.44. The molecular formula is C39H50F2N6O8. The van der Waals surface area contributed by atoms with E-state index in [1.54, 1.807) is 0 Å². The van der Waals surface area contributed by atoms with Crippen molar-refractivity contribution in [1.29, 1.82) is 0 Å². The van der Waals surface area contributed by atoms with Gasteiger partial charge in [0.25, 0.3) is 0 Å². The standard InChI is InChI=1S/C39H50F2N6O8/c1-20-34(50)47-9-5-7-31(47)37(53)55-19-29(35(51)46-8-4-6-30(46)36(52)45(3)21(2)32(48)42-20)43-33(49)28(15-22-13-26(40)16-27(41)14-22)44-38(54)39-17-23-10-24(18-39)12-25(39)11-23/h13-14,16,20-21,23-25,28-31H,4-12,15,17-19H2,1-3H3,(H,42,48)(H,43,49)(H,44,54)/t20-,21-,23-,24+,25?,28-,29-,30-,31-,39?/m0/s1. The topological polar surface area (TPSA) is 175 Å². The third-order valence-electron chi connectivity index (χ3n) is 13.1. The fourth-order valence-electron chi connectivity index (χ4n) is 10.4. The average molecular weight is 769 g/mol. The van der Waals surface area contributed by atoms with Gasteiger partial charge >= 0.3 is 5.97 Å². The monoisotopic (exact) mass is 768 g/mol. The van der Waals surface area contributed by atoms with E-state index >= 15 is 0 Å². The molecule has 0 spiro atoms. The van der Waals surface area contributed by atoms with E-state index in [-0.39, 0.29) is 49.7 Å². The van der Waals surface area contributed by atoms with Crippen LogP contribution in [0.25, 0.3) is 0 Å². The second kappa shape index (κ2) is 15.1. The van der Waals surface area contributed by atoms with Gasteiger partial charge in [0.2, 0.25) is 35.4 Å². The molecule has 298 valence electrons. The van der Waals surface area contributed by atoms with E-state index in [9.17, 15) is 42.3 Å². The van der Waals surface area contributed by atoms with Crippen LogP contribution in [-0.4, -0.2) is 119 Å². The molecule has 3 aliphatic heterocycles. The summed E-state index contributed by atoms with van der Waals surface area (Å²) < 4.78 is 34.4. The molecule has 3 heterocycles. The van der Waals surface area contributed by atoms with Gasteiger partial charge in [-0.1, -0.05) is 0 Å². The number of nitrogens with one attached hydrogen (secondary N) is 3. The van der Waals surface area contributed by atoms with E-state index in [0.717, 1.165) is 31.4 Å². The molecule has 7 fully saturated rings. The van der Waals surface area contributed by atoms with Crippen molar-refractivity contribution in [2.75, 3.05) is 26.7 Å². The lowest BCUT2D eigenvalue weighted by Gasteiger charge is -2.35. The van der Waals surface area contributed by atoms with Crippen molar-refractivity contribution in [1.82, 2.24) is 30.7 Å². The first-order chi connectivity index (χ1) is 26.1. The van der Waals surface area contributed by atoms with E-state index in [0.29, 0.717) is 43.6 Å². The quantitative estimate of drug-likeness (QED) is 0.362. The molecule has 0 radical (unpaired) electrons. The fourth-order valence-corrected chi connectivity index (χ4v) is 10.4. The molecule has 1 aromatic carbocycles. The van der Waals surface area contributed by atoms with Gasteiger partial charge < -0.3 is 35.4 Å². The first-order valence-electron chi connectivity index (χ1n) is 19.6. The van der Waals surface area contributed by atoms with Gasteiger partial charge in [-0.15, -0.1) is 0 Å². The molecule has 1 aromatic rings. The second-order valence-electron chi connectivity index (χ2n) is 16.6. The molecule has 0 aromatic heterocycles. The van der Waals surface area contributed by atoms with Gasteiger partial charge in [0, 0.05) is 32.6 Å². The highest BCUT2D eigenvalue weighted by Gasteiger charge is 2.61. The zero-order chi connectivity index (χ0) is 39.3. The van der Waals surface area contributed by atoms with E-state index in [2.05, 4.69) is 16.0 Å². The van der Waals surface area contributed by atoms with Gasteiger partial charge in [0.1, 0.15) is 54.5 Å². The van der Waals surface area contributed by atoms with Crippen molar-refractivity contribution in [3.05, 3.63) is 35.4 Å². The SMILES string of the molecule is C[C@@H]1NC(=O)[C@H](C)N(C)C(=O)[C@@H]2CCCN2C(=O)[C@@H](NC(=O)[C@H](Cc2cc(F)cc(F)c2)NC(=O)C23C[C@@H]4CC2C[C@@H](C4)C3)COC(=O)[C@@H]2CCCN2C1=O. The van der Waals surface area contributed by atoms with Gasteiger partial charge in [0.15, 0.2) is 0 Å². The highest BCUT2D eigenvalue weighted by atomic mass is 19.1. The van der Waals surface area contributed by atoms with Crippen molar-refractivity contribution >= 4 is 41.4 Å². The van der Waals surface area contributed by atoms with Crippen molar-refractivity contribution in [3.8, 4) is 0 Å². The molecule has 7 aliphatic rings. The molecule has 8 rings (SSSR count). The van der Waals surface area contributed by atoms with Crippen LogP contribution < -0.4 is 16.0 Å². The highest BCUT2D eigenvalue weighted by Crippen LogP contribution is 2.65. The normalized spacial score (nSPS) is 34.3. The second-order valence-corrected chi connectivity index (χ2v) is 16.6. The Morgan fingerprint density at radius 1 is 0.891 bits per heavy atom. The first-order valence-corrected chi connectivity index (χ1v) is 19.6. The summed E-state index contributed by atoms with van der Waals surface area (Å²) >= 11 is 0. The van der Waals surface area contributed by atoms with Crippen LogP contribution in [-0.2, 0) is 44.7 Å². The summed E-state index contributed by atoms with van der Waals surface area (Å²) in [5.41, 5.74) is -0.534. The predicted octanol–water partition coefficient (Wildman–Crippen LogP) is 1.19. The van der Waals surface area contributed by atoms with E-state index in [1.165, 1.54) is 35.6 Å². The van der Waals surface area contributed by atoms with Gasteiger partial charge in [-0.25, -0.2) is 13.6 Å². The highest BCUT2D eigenvalue weighted by molar-refractivity contribution is 5.98. The van der Waals surface area contributed by atoms with Gasteiger partial charge in [0.05, 0.1) is 5.41 Å². The van der Waals surface area contributed by atoms with E-state index in [1.807, 2.05) is 0 Å². The lowest BCUT2D eigenvalue weighted by atomic mass is 9.74. The third kappa shape index (κ3) is 7.40. The number of ether oxygens (including phenoxy) is 1. The summed E-state index contributed by atoms with van der Waals surface area (Å²) in [6, 6.07) is -4.07. The zero-order valence-electron chi connectivity index (χ0n) is 31.5. The minimum Gasteiger partial charge on any atom is -0.461 e. The number of hydrogen-bond acceptors (Lipinski definition) is 8. The molecular weight excluding hydrogens is 718 g/mol. The maximum Gasteiger partial charge on any atom is 0.328 e. The van der Waals surface area contributed by atoms with Gasteiger partial charge in [-0.05, 0) is 107 Å². The predicted molar refractivity (Wildman–Crippen MR) is 190 cm³/mol. The van der Waals surface area contributed by atoms with Gasteiger partial charge in [-0.3, -0.25) is 28.8 Å². The third-order valence-corrected chi connectivity index (χ3v) is 13.1. The number of amides is 6. The van der Waals surface area contributed by atoms with Gasteiger partial charge in [-0.2, -0.15) is 0 Å². The van der Waals surface area contributed by atoms with Crippen molar-refractivity contribution in [2.45, 2.75) is 114 Å². The number of cyclic esters (lactones) is 1. The van der Waals surface area contributed by atoms with Crippen molar-refractivity contribution in [2.24, 2.45) is 23.2 Å². The summed E-state index contributed by atoms with van der Waals surface area (Å²) in [5, 5.41) is 8.20. The number of esters is 1. The van der Waals surface area contributed by atoms with Crippen LogP contribution in [0.2, 0.25) is 0 Å². The maximum absolute atomic E-state index is 14.4. The van der Waals surface area contributed by atoms with E-state index < -0.39 is 95.4 Å². The van der Waals surface area contributed by atoms with Crippen LogP contribution in [0.4, 0.5) is 8.78 Å². The van der Waals surface area contributed by atoms with Crippen LogP contribution in [0.3, 0.4) is 0 Å². The van der Waals surface area contributed by atoms with E-state index in [4.69, 9.17) is 4.74 Å². The van der Waals surface area contributed by atoms with Crippen LogP contribution in [0.5, 0.6) is 0 Å². The zero-order valence-corrected chi connectivity index (χ0v) is 31.5. The summed E-state index contributed by atoms with van der Waals surface area (Å²) in [4.78, 5) is 101. The molecule has 6 amide bonds. The number of benzene rings is 1. The number of carbonyl (C=O) groups is 7. The molecule has 10 atom stereocenters. The largest absolute Gasteiger partial charge is 0.461 e. The first kappa shape index (κ1) is 38.6. The van der Waals surface area contributed by atoms with Crippen LogP contribution in [0, 0.1) is 34.8 Å². The molecule has 2 unspecified atom stereocenters. The molecule has 3 saturated heterocycles. The summed E-state index contributed by atoms with van der Waals surface area (Å²) in [6.45, 7) is 2.72. The van der Waals surface area contributed by atoms with Crippen molar-refractivity contribution < 1.29 is 47.1 Å². The Morgan fingerprint density at radius 2 is 1.51 bits per heavy atom. The molecule has 4 saturated carbocycles. The summed E-state index contributed by atoms with van der Waals surface area (Å²) in [5.74, 6) is -4.99. The maximum atomic E-state index is 14.4. The number of likely N-dealkylation sites (N-methyl/N-ethyl adjacent to an activating group) is 1. The molecule has 3 N–H and O–H groups in total. The Labute approximate surface area is 318 Å². The number of rotatable bonds is 6. The number of halogens is 2.